The lowest BCUT2D eigenvalue weighted by Gasteiger charge is -2.14. The smallest absolute Gasteiger partial charge is 0.225 e. The number of rotatable bonds is 6. The number of anilines is 1. The van der Waals surface area contributed by atoms with E-state index >= 15 is 0 Å². The number of aromatic nitrogens is 2. The van der Waals surface area contributed by atoms with E-state index in [1.807, 2.05) is 12.1 Å². The molecule has 1 amide bonds. The number of hydrogen-bond acceptors (Lipinski definition) is 4. The van der Waals surface area contributed by atoms with E-state index in [1.165, 1.54) is 44.8 Å². The Morgan fingerprint density at radius 3 is 2.23 bits per heavy atom. The molecule has 0 bridgehead atoms. The summed E-state index contributed by atoms with van der Waals surface area (Å²) in [6.45, 7) is 1.47. The highest BCUT2D eigenvalue weighted by Crippen LogP contribution is 2.36. The molecule has 5 heteroatoms. The number of nitrogens with one attached hydrogen (secondary N) is 1. The standard InChI is InChI=1S/C30H23N3O2/c1-18(34)25-16-13-23-14-17-26(33-30(23)31-25)32-27(35)7-3-4-19-8-9-22-11-10-20-5-2-6-21-12-15-24(19)29(22)28(20)21/h2,5-6,8-17H,3-4,7H2,1H3,(H,31,32,33,35). The normalized spacial score (nSPS) is 11.6. The van der Waals surface area contributed by atoms with Crippen molar-refractivity contribution in [2.24, 2.45) is 0 Å². The summed E-state index contributed by atoms with van der Waals surface area (Å²) < 4.78 is 0. The molecule has 6 rings (SSSR count). The Hall–Kier alpha value is -4.38. The third-order valence-corrected chi connectivity index (χ3v) is 6.65. The maximum Gasteiger partial charge on any atom is 0.225 e. The fourth-order valence-electron chi connectivity index (χ4n) is 4.92. The first-order chi connectivity index (χ1) is 17.1. The Morgan fingerprint density at radius 1 is 0.743 bits per heavy atom. The predicted octanol–water partition coefficient (Wildman–Crippen LogP) is 6.69. The SMILES string of the molecule is CC(=O)c1ccc2ccc(NC(=O)CCCc3ccc4ccc5cccc6ccc3c4c56)nc2n1. The molecule has 0 radical (unpaired) electrons. The Morgan fingerprint density at radius 2 is 1.43 bits per heavy atom. The Kier molecular flexibility index (Phi) is 5.10. The molecular weight excluding hydrogens is 434 g/mol. The van der Waals surface area contributed by atoms with Crippen LogP contribution in [0.1, 0.15) is 35.8 Å². The number of fused-ring (bicyclic) bond motifs is 1. The van der Waals surface area contributed by atoms with E-state index in [2.05, 4.69) is 69.9 Å². The van der Waals surface area contributed by atoms with E-state index < -0.39 is 0 Å². The van der Waals surface area contributed by atoms with Gasteiger partial charge < -0.3 is 5.32 Å². The quantitative estimate of drug-likeness (QED) is 0.223. The van der Waals surface area contributed by atoms with Gasteiger partial charge >= 0.3 is 0 Å². The fourth-order valence-corrected chi connectivity index (χ4v) is 4.92. The molecule has 0 fully saturated rings. The van der Waals surface area contributed by atoms with Crippen LogP contribution in [-0.2, 0) is 11.2 Å². The van der Waals surface area contributed by atoms with Crippen molar-refractivity contribution in [3.05, 3.63) is 90.1 Å². The van der Waals surface area contributed by atoms with Gasteiger partial charge in [0, 0.05) is 18.7 Å². The molecule has 0 saturated heterocycles. The summed E-state index contributed by atoms with van der Waals surface area (Å²) in [5, 5.41) is 11.3. The Bertz CT molecular complexity index is 1740. The number of hydrogen-bond donors (Lipinski definition) is 1. The van der Waals surface area contributed by atoms with Gasteiger partial charge in [0.15, 0.2) is 11.4 Å². The van der Waals surface area contributed by atoms with Crippen LogP contribution < -0.4 is 5.32 Å². The predicted molar refractivity (Wildman–Crippen MR) is 141 cm³/mol. The molecule has 0 unspecified atom stereocenters. The van der Waals surface area contributed by atoms with Crippen LogP contribution in [0, 0.1) is 0 Å². The van der Waals surface area contributed by atoms with Crippen molar-refractivity contribution >= 4 is 60.9 Å². The van der Waals surface area contributed by atoms with Gasteiger partial charge in [0.1, 0.15) is 11.5 Å². The van der Waals surface area contributed by atoms with Crippen LogP contribution in [0.5, 0.6) is 0 Å². The summed E-state index contributed by atoms with van der Waals surface area (Å²) in [5.74, 6) is 0.241. The lowest BCUT2D eigenvalue weighted by atomic mass is 9.90. The molecule has 0 saturated carbocycles. The van der Waals surface area contributed by atoms with E-state index in [4.69, 9.17) is 0 Å². The van der Waals surface area contributed by atoms with Crippen LogP contribution in [0.3, 0.4) is 0 Å². The van der Waals surface area contributed by atoms with Gasteiger partial charge in [-0.1, -0.05) is 54.6 Å². The van der Waals surface area contributed by atoms with Crippen LogP contribution >= 0.6 is 0 Å². The highest BCUT2D eigenvalue weighted by Gasteiger charge is 2.12. The van der Waals surface area contributed by atoms with Crippen molar-refractivity contribution in [3.8, 4) is 0 Å². The highest BCUT2D eigenvalue weighted by atomic mass is 16.1. The van der Waals surface area contributed by atoms with Crippen molar-refractivity contribution in [2.75, 3.05) is 5.32 Å². The topological polar surface area (TPSA) is 72.0 Å². The van der Waals surface area contributed by atoms with Gasteiger partial charge in [-0.25, -0.2) is 9.97 Å². The van der Waals surface area contributed by atoms with Crippen molar-refractivity contribution in [1.29, 1.82) is 0 Å². The number of pyridine rings is 2. The van der Waals surface area contributed by atoms with E-state index in [-0.39, 0.29) is 11.7 Å². The van der Waals surface area contributed by atoms with Crippen molar-refractivity contribution in [2.45, 2.75) is 26.2 Å². The van der Waals surface area contributed by atoms with Crippen molar-refractivity contribution < 1.29 is 9.59 Å². The maximum atomic E-state index is 12.6. The summed E-state index contributed by atoms with van der Waals surface area (Å²) in [5.41, 5.74) is 2.07. The number of nitrogens with zero attached hydrogens (tertiary/aromatic N) is 2. The lowest BCUT2D eigenvalue weighted by molar-refractivity contribution is -0.116. The molecule has 0 aliphatic carbocycles. The summed E-state index contributed by atoms with van der Waals surface area (Å²) in [4.78, 5) is 32.9. The molecule has 0 atom stereocenters. The molecule has 4 aromatic carbocycles. The van der Waals surface area contributed by atoms with Crippen LogP contribution in [0.2, 0.25) is 0 Å². The van der Waals surface area contributed by atoms with E-state index in [0.29, 0.717) is 23.6 Å². The highest BCUT2D eigenvalue weighted by molar-refractivity contribution is 6.23. The number of amides is 1. The van der Waals surface area contributed by atoms with Gasteiger partial charge in [-0.15, -0.1) is 0 Å². The minimum absolute atomic E-state index is 0.0858. The molecule has 170 valence electrons. The van der Waals surface area contributed by atoms with E-state index in [9.17, 15) is 9.59 Å². The number of carbonyl (C=O) groups excluding carboxylic acids is 2. The summed E-state index contributed by atoms with van der Waals surface area (Å²) in [7, 11) is 0. The zero-order chi connectivity index (χ0) is 23.9. The summed E-state index contributed by atoms with van der Waals surface area (Å²) >= 11 is 0. The monoisotopic (exact) mass is 457 g/mol. The summed E-state index contributed by atoms with van der Waals surface area (Å²) in [6, 6.07) is 26.7. The number of ketones is 1. The average Bonchev–Trinajstić information content (AvgIpc) is 2.87. The third kappa shape index (κ3) is 3.85. The van der Waals surface area contributed by atoms with Gasteiger partial charge in [0.25, 0.3) is 0 Å². The fraction of sp³-hybridized carbons (Fsp3) is 0.133. The number of carbonyl (C=O) groups is 2. The van der Waals surface area contributed by atoms with Crippen LogP contribution in [0.4, 0.5) is 5.82 Å². The van der Waals surface area contributed by atoms with E-state index in [0.717, 1.165) is 18.2 Å². The molecule has 6 aromatic rings. The first-order valence-corrected chi connectivity index (χ1v) is 11.8. The maximum absolute atomic E-state index is 12.6. The molecule has 0 spiro atoms. The Labute approximate surface area is 202 Å². The van der Waals surface area contributed by atoms with Crippen molar-refractivity contribution in [1.82, 2.24) is 9.97 Å². The first-order valence-electron chi connectivity index (χ1n) is 11.8. The Balaban J connectivity index is 1.18. The molecule has 2 heterocycles. The summed E-state index contributed by atoms with van der Waals surface area (Å²) in [6.07, 6.45) is 1.94. The zero-order valence-corrected chi connectivity index (χ0v) is 19.3. The average molecular weight is 458 g/mol. The van der Waals surface area contributed by atoms with Gasteiger partial charge in [0.05, 0.1) is 0 Å². The molecule has 35 heavy (non-hydrogen) atoms. The minimum Gasteiger partial charge on any atom is -0.311 e. The lowest BCUT2D eigenvalue weighted by Crippen LogP contribution is -2.13. The third-order valence-electron chi connectivity index (χ3n) is 6.65. The van der Waals surface area contributed by atoms with Gasteiger partial charge in [0.2, 0.25) is 5.91 Å². The largest absolute Gasteiger partial charge is 0.311 e. The molecule has 0 aliphatic heterocycles. The minimum atomic E-state index is -0.116. The second kappa shape index (κ2) is 8.44. The number of Topliss-reactive ketones (excluding diaryl/α,β-unsaturated/α-hetero) is 1. The van der Waals surface area contributed by atoms with Crippen LogP contribution in [0.25, 0.3) is 43.4 Å². The van der Waals surface area contributed by atoms with E-state index in [1.54, 1.807) is 12.1 Å². The molecular formula is C30H23N3O2. The second-order valence-corrected chi connectivity index (χ2v) is 8.98. The van der Waals surface area contributed by atoms with Crippen LogP contribution in [-0.4, -0.2) is 21.7 Å². The molecule has 1 N–H and O–H groups in total. The van der Waals surface area contributed by atoms with Crippen LogP contribution in [0.15, 0.2) is 78.9 Å². The zero-order valence-electron chi connectivity index (χ0n) is 19.3. The van der Waals surface area contributed by atoms with Crippen molar-refractivity contribution in [3.63, 3.8) is 0 Å². The molecule has 0 aliphatic rings. The molecule has 2 aromatic heterocycles. The second-order valence-electron chi connectivity index (χ2n) is 8.98. The molecule has 5 nitrogen and oxygen atoms in total. The number of benzene rings is 4. The number of aryl methyl sites for hydroxylation is 1. The van der Waals surface area contributed by atoms with Gasteiger partial charge in [-0.2, -0.15) is 0 Å². The van der Waals surface area contributed by atoms with Gasteiger partial charge in [-0.3, -0.25) is 9.59 Å². The van der Waals surface area contributed by atoms with Gasteiger partial charge in [-0.05, 0) is 75.0 Å². The first kappa shape index (κ1) is 21.2.